The monoisotopic (exact) mass is 274 g/mol. The van der Waals surface area contributed by atoms with Gasteiger partial charge in [-0.2, -0.15) is 0 Å². The summed E-state index contributed by atoms with van der Waals surface area (Å²) in [7, 11) is 1.89. The predicted molar refractivity (Wildman–Crippen MR) is 75.0 cm³/mol. The Morgan fingerprint density at radius 3 is 2.95 bits per heavy atom. The number of aromatic nitrogens is 2. The Balaban J connectivity index is 1.92. The first-order chi connectivity index (χ1) is 9.56. The summed E-state index contributed by atoms with van der Waals surface area (Å²) in [5.74, 6) is 0.982. The van der Waals surface area contributed by atoms with Crippen LogP contribution in [-0.4, -0.2) is 34.0 Å². The van der Waals surface area contributed by atoms with Gasteiger partial charge in [-0.3, -0.25) is 14.7 Å². The highest BCUT2D eigenvalue weighted by atomic mass is 16.5. The van der Waals surface area contributed by atoms with Gasteiger partial charge in [0.2, 0.25) is 5.91 Å². The summed E-state index contributed by atoms with van der Waals surface area (Å²) >= 11 is 0. The van der Waals surface area contributed by atoms with Crippen LogP contribution in [-0.2, 0) is 11.3 Å². The molecule has 2 heterocycles. The zero-order chi connectivity index (χ0) is 14.5. The molecule has 106 valence electrons. The SMILES string of the molecule is Cc1cc(NC(=O)[C@@H](C)N(C)Cc2cccnc2)no1. The van der Waals surface area contributed by atoms with Crippen molar-refractivity contribution in [2.24, 2.45) is 0 Å². The number of amides is 1. The third kappa shape index (κ3) is 3.64. The van der Waals surface area contributed by atoms with Gasteiger partial charge in [0, 0.05) is 25.0 Å². The number of aryl methyl sites for hydroxylation is 1. The minimum atomic E-state index is -0.285. The largest absolute Gasteiger partial charge is 0.360 e. The molecule has 20 heavy (non-hydrogen) atoms. The molecule has 0 unspecified atom stereocenters. The zero-order valence-electron chi connectivity index (χ0n) is 11.8. The van der Waals surface area contributed by atoms with Crippen LogP contribution in [0, 0.1) is 6.92 Å². The molecular weight excluding hydrogens is 256 g/mol. The predicted octanol–water partition coefficient (Wildman–Crippen LogP) is 1.84. The molecule has 0 bridgehead atoms. The number of likely N-dealkylation sites (N-methyl/N-ethyl adjacent to an activating group) is 1. The molecule has 2 rings (SSSR count). The lowest BCUT2D eigenvalue weighted by molar-refractivity contribution is -0.120. The molecule has 0 fully saturated rings. The van der Waals surface area contributed by atoms with Gasteiger partial charge in [0.05, 0.1) is 6.04 Å². The highest BCUT2D eigenvalue weighted by Crippen LogP contribution is 2.10. The molecule has 0 aliphatic carbocycles. The number of nitrogens with one attached hydrogen (secondary N) is 1. The van der Waals surface area contributed by atoms with Gasteiger partial charge in [0.1, 0.15) is 5.76 Å². The van der Waals surface area contributed by atoms with Crippen LogP contribution in [0.2, 0.25) is 0 Å². The minimum absolute atomic E-state index is 0.121. The van der Waals surface area contributed by atoms with E-state index in [-0.39, 0.29) is 11.9 Å². The van der Waals surface area contributed by atoms with Crippen LogP contribution < -0.4 is 5.32 Å². The molecule has 0 aliphatic heterocycles. The van der Waals surface area contributed by atoms with Gasteiger partial charge >= 0.3 is 0 Å². The number of anilines is 1. The van der Waals surface area contributed by atoms with Gasteiger partial charge in [-0.25, -0.2) is 0 Å². The average Bonchev–Trinajstić information content (AvgIpc) is 2.84. The lowest BCUT2D eigenvalue weighted by Gasteiger charge is -2.23. The zero-order valence-corrected chi connectivity index (χ0v) is 11.8. The Bertz CT molecular complexity index is 568. The van der Waals surface area contributed by atoms with E-state index in [2.05, 4.69) is 15.5 Å². The van der Waals surface area contributed by atoms with E-state index in [4.69, 9.17) is 4.52 Å². The maximum absolute atomic E-state index is 12.1. The lowest BCUT2D eigenvalue weighted by Crippen LogP contribution is -2.39. The van der Waals surface area contributed by atoms with E-state index in [1.807, 2.05) is 31.0 Å². The van der Waals surface area contributed by atoms with Crippen LogP contribution in [0.1, 0.15) is 18.2 Å². The van der Waals surface area contributed by atoms with Gasteiger partial charge < -0.3 is 9.84 Å². The molecule has 0 saturated carbocycles. The quantitative estimate of drug-likeness (QED) is 0.900. The maximum Gasteiger partial charge on any atom is 0.242 e. The molecule has 2 aromatic heterocycles. The molecule has 0 radical (unpaired) electrons. The van der Waals surface area contributed by atoms with E-state index in [1.54, 1.807) is 25.4 Å². The van der Waals surface area contributed by atoms with E-state index in [9.17, 15) is 4.79 Å². The van der Waals surface area contributed by atoms with Crippen molar-refractivity contribution in [3.63, 3.8) is 0 Å². The van der Waals surface area contributed by atoms with Crippen molar-refractivity contribution < 1.29 is 9.32 Å². The molecular formula is C14H18N4O2. The summed E-state index contributed by atoms with van der Waals surface area (Å²) in [6.45, 7) is 4.28. The van der Waals surface area contributed by atoms with Crippen LogP contribution in [0.5, 0.6) is 0 Å². The summed E-state index contributed by atoms with van der Waals surface area (Å²) in [5, 5.41) is 6.47. The van der Waals surface area contributed by atoms with Crippen LogP contribution in [0.25, 0.3) is 0 Å². The van der Waals surface area contributed by atoms with Crippen LogP contribution >= 0.6 is 0 Å². The second kappa shape index (κ2) is 6.29. The third-order valence-corrected chi connectivity index (χ3v) is 3.07. The van der Waals surface area contributed by atoms with Gasteiger partial charge in [-0.05, 0) is 32.5 Å². The highest BCUT2D eigenvalue weighted by Gasteiger charge is 2.19. The molecule has 0 saturated heterocycles. The molecule has 0 aromatic carbocycles. The van der Waals surface area contributed by atoms with E-state index < -0.39 is 0 Å². The Kier molecular flexibility index (Phi) is 4.47. The molecule has 0 aliphatic rings. The maximum atomic E-state index is 12.1. The molecule has 1 amide bonds. The van der Waals surface area contributed by atoms with Crippen LogP contribution in [0.4, 0.5) is 5.82 Å². The third-order valence-electron chi connectivity index (χ3n) is 3.07. The van der Waals surface area contributed by atoms with E-state index >= 15 is 0 Å². The molecule has 6 heteroatoms. The fraction of sp³-hybridized carbons (Fsp3) is 0.357. The van der Waals surface area contributed by atoms with Crippen molar-refractivity contribution in [3.8, 4) is 0 Å². The van der Waals surface area contributed by atoms with Crippen molar-refractivity contribution in [1.29, 1.82) is 0 Å². The number of pyridine rings is 1. The van der Waals surface area contributed by atoms with E-state index in [1.165, 1.54) is 0 Å². The number of hydrogen-bond donors (Lipinski definition) is 1. The van der Waals surface area contributed by atoms with Gasteiger partial charge in [0.15, 0.2) is 5.82 Å². The van der Waals surface area contributed by atoms with Crippen LogP contribution in [0.3, 0.4) is 0 Å². The molecule has 1 atom stereocenters. The van der Waals surface area contributed by atoms with E-state index in [0.717, 1.165) is 5.56 Å². The molecule has 6 nitrogen and oxygen atoms in total. The summed E-state index contributed by atoms with van der Waals surface area (Å²) in [6.07, 6.45) is 3.52. The summed E-state index contributed by atoms with van der Waals surface area (Å²) in [4.78, 5) is 18.1. The molecule has 1 N–H and O–H groups in total. The van der Waals surface area contributed by atoms with Gasteiger partial charge in [-0.1, -0.05) is 11.2 Å². The standard InChI is InChI=1S/C14H18N4O2/c1-10-7-13(17-20-10)16-14(19)11(2)18(3)9-12-5-4-6-15-8-12/h4-8,11H,9H2,1-3H3,(H,16,17,19)/t11-/m1/s1. The topological polar surface area (TPSA) is 71.3 Å². The first-order valence-electron chi connectivity index (χ1n) is 6.39. The number of rotatable bonds is 5. The minimum Gasteiger partial charge on any atom is -0.360 e. The fourth-order valence-corrected chi connectivity index (χ4v) is 1.77. The van der Waals surface area contributed by atoms with Crippen molar-refractivity contribution in [2.45, 2.75) is 26.4 Å². The van der Waals surface area contributed by atoms with Crippen molar-refractivity contribution in [3.05, 3.63) is 41.9 Å². The summed E-state index contributed by atoms with van der Waals surface area (Å²) < 4.78 is 4.91. The van der Waals surface area contributed by atoms with Gasteiger partial charge in [0.25, 0.3) is 0 Å². The Hall–Kier alpha value is -2.21. The first kappa shape index (κ1) is 14.2. The second-order valence-corrected chi connectivity index (χ2v) is 4.76. The smallest absolute Gasteiger partial charge is 0.242 e. The number of carbonyl (C=O) groups excluding carboxylic acids is 1. The Morgan fingerprint density at radius 1 is 1.55 bits per heavy atom. The Labute approximate surface area is 117 Å². The second-order valence-electron chi connectivity index (χ2n) is 4.76. The van der Waals surface area contributed by atoms with Crippen LogP contribution in [0.15, 0.2) is 35.1 Å². The number of hydrogen-bond acceptors (Lipinski definition) is 5. The fourth-order valence-electron chi connectivity index (χ4n) is 1.77. The van der Waals surface area contributed by atoms with Gasteiger partial charge in [-0.15, -0.1) is 0 Å². The van der Waals surface area contributed by atoms with Crippen molar-refractivity contribution in [1.82, 2.24) is 15.0 Å². The van der Waals surface area contributed by atoms with Crippen molar-refractivity contribution >= 4 is 11.7 Å². The highest BCUT2D eigenvalue weighted by molar-refractivity contribution is 5.93. The number of nitrogens with zero attached hydrogens (tertiary/aromatic N) is 3. The Morgan fingerprint density at radius 2 is 2.35 bits per heavy atom. The summed E-state index contributed by atoms with van der Waals surface area (Å²) in [5.41, 5.74) is 1.06. The van der Waals surface area contributed by atoms with E-state index in [0.29, 0.717) is 18.1 Å². The first-order valence-corrected chi connectivity index (χ1v) is 6.39. The summed E-state index contributed by atoms with van der Waals surface area (Å²) in [6, 6.07) is 5.26. The normalized spacial score (nSPS) is 12.4. The average molecular weight is 274 g/mol. The number of carbonyl (C=O) groups is 1. The molecule has 2 aromatic rings. The lowest BCUT2D eigenvalue weighted by atomic mass is 10.2. The molecule has 0 spiro atoms. The van der Waals surface area contributed by atoms with Crippen molar-refractivity contribution in [2.75, 3.05) is 12.4 Å².